The lowest BCUT2D eigenvalue weighted by Crippen LogP contribution is -2.60. The number of benzene rings is 3. The van der Waals surface area contributed by atoms with Gasteiger partial charge in [0.25, 0.3) is 0 Å². The molecule has 1 saturated heterocycles. The zero-order valence-corrected chi connectivity index (χ0v) is 22.5. The van der Waals surface area contributed by atoms with E-state index in [0.717, 1.165) is 18.2 Å². The zero-order valence-electron chi connectivity index (χ0n) is 22.5. The topological polar surface area (TPSA) is 226 Å². The molecule has 0 amide bonds. The molecular weight excluding hydrogens is 584 g/mol. The highest BCUT2D eigenvalue weighted by Crippen LogP contribution is 2.37. The van der Waals surface area contributed by atoms with E-state index in [1.807, 2.05) is 0 Å². The highest BCUT2D eigenvalue weighted by molar-refractivity contribution is 5.88. The SMILES string of the molecule is O=C(/C=C/c1ccc(O)cc1)OCO[C@@H]1O[C@H](Oc2c(-c3ccc(O)cc3)oc3cc(O)cc(O)c3c2=O)[C@@H](O)[C@H](O)[C@H]1O. The van der Waals surface area contributed by atoms with Crippen molar-refractivity contribution in [2.45, 2.75) is 30.9 Å². The van der Waals surface area contributed by atoms with Gasteiger partial charge in [-0.3, -0.25) is 4.79 Å². The second-order valence-corrected chi connectivity index (χ2v) is 9.61. The molecule has 1 fully saturated rings. The van der Waals surface area contributed by atoms with Crippen LogP contribution in [0.2, 0.25) is 0 Å². The number of carbonyl (C=O) groups excluding carboxylic acids is 1. The quantitative estimate of drug-likeness (QED) is 0.0856. The van der Waals surface area contributed by atoms with E-state index >= 15 is 0 Å². The van der Waals surface area contributed by atoms with E-state index in [9.17, 15) is 45.3 Å². The van der Waals surface area contributed by atoms with Gasteiger partial charge in [-0.15, -0.1) is 0 Å². The number of phenolic OH excluding ortho intramolecular Hbond substituents is 4. The van der Waals surface area contributed by atoms with Crippen molar-refractivity contribution in [2.75, 3.05) is 6.79 Å². The number of aromatic hydroxyl groups is 4. The van der Waals surface area contributed by atoms with Crippen LogP contribution >= 0.6 is 0 Å². The number of hydrogen-bond acceptors (Lipinski definition) is 14. The molecule has 2 heterocycles. The predicted octanol–water partition coefficient (Wildman–Crippen LogP) is 1.66. The van der Waals surface area contributed by atoms with Crippen molar-refractivity contribution in [1.82, 2.24) is 0 Å². The molecule has 44 heavy (non-hydrogen) atoms. The highest BCUT2D eigenvalue weighted by Gasteiger charge is 2.46. The first-order chi connectivity index (χ1) is 21.0. The number of carbonyl (C=O) groups is 1. The molecule has 230 valence electrons. The molecule has 3 aromatic carbocycles. The van der Waals surface area contributed by atoms with Gasteiger partial charge in [0.2, 0.25) is 17.5 Å². The fraction of sp³-hybridized carbons (Fsp3) is 0.200. The van der Waals surface area contributed by atoms with Gasteiger partial charge in [0.15, 0.2) is 18.8 Å². The van der Waals surface area contributed by atoms with E-state index in [2.05, 4.69) is 0 Å². The summed E-state index contributed by atoms with van der Waals surface area (Å²) in [4.78, 5) is 25.6. The van der Waals surface area contributed by atoms with Gasteiger partial charge >= 0.3 is 5.97 Å². The van der Waals surface area contributed by atoms with Gasteiger partial charge in [-0.05, 0) is 48.0 Å². The minimum absolute atomic E-state index is 0.0512. The van der Waals surface area contributed by atoms with Crippen molar-refractivity contribution >= 4 is 23.0 Å². The largest absolute Gasteiger partial charge is 0.508 e. The predicted molar refractivity (Wildman–Crippen MR) is 149 cm³/mol. The minimum atomic E-state index is -1.93. The maximum Gasteiger partial charge on any atom is 0.332 e. The summed E-state index contributed by atoms with van der Waals surface area (Å²) in [5.74, 6) is -2.78. The summed E-state index contributed by atoms with van der Waals surface area (Å²) in [7, 11) is 0. The minimum Gasteiger partial charge on any atom is -0.508 e. The molecule has 5 rings (SSSR count). The molecule has 0 radical (unpaired) electrons. The Morgan fingerprint density at radius 3 is 2.14 bits per heavy atom. The van der Waals surface area contributed by atoms with Crippen molar-refractivity contribution in [2.24, 2.45) is 0 Å². The first kappa shape index (κ1) is 30.3. The molecule has 0 saturated carbocycles. The van der Waals surface area contributed by atoms with E-state index in [4.69, 9.17) is 23.4 Å². The van der Waals surface area contributed by atoms with Crippen molar-refractivity contribution < 1.29 is 63.9 Å². The van der Waals surface area contributed by atoms with Crippen LogP contribution in [0.3, 0.4) is 0 Å². The van der Waals surface area contributed by atoms with E-state index < -0.39 is 66.3 Å². The van der Waals surface area contributed by atoms with Gasteiger partial charge in [0, 0.05) is 23.8 Å². The van der Waals surface area contributed by atoms with Crippen molar-refractivity contribution in [3.8, 4) is 40.1 Å². The Hall–Kier alpha value is -5.12. The Morgan fingerprint density at radius 2 is 1.45 bits per heavy atom. The van der Waals surface area contributed by atoms with Crippen molar-refractivity contribution in [3.05, 3.63) is 82.5 Å². The summed E-state index contributed by atoms with van der Waals surface area (Å²) in [6.45, 7) is -0.760. The van der Waals surface area contributed by atoms with Crippen LogP contribution in [-0.2, 0) is 19.0 Å². The number of aliphatic hydroxyl groups excluding tert-OH is 3. The monoisotopic (exact) mass is 610 g/mol. The Morgan fingerprint density at radius 1 is 0.818 bits per heavy atom. The van der Waals surface area contributed by atoms with Gasteiger partial charge in [-0.1, -0.05) is 12.1 Å². The zero-order chi connectivity index (χ0) is 31.5. The lowest BCUT2D eigenvalue weighted by molar-refractivity contribution is -0.342. The van der Waals surface area contributed by atoms with Gasteiger partial charge in [0.05, 0.1) is 0 Å². The Labute approximate surface area is 247 Å². The van der Waals surface area contributed by atoms with E-state index in [-0.39, 0.29) is 33.8 Å². The third kappa shape index (κ3) is 6.44. The van der Waals surface area contributed by atoms with Gasteiger partial charge in [-0.25, -0.2) is 4.79 Å². The summed E-state index contributed by atoms with van der Waals surface area (Å²) in [5, 5.41) is 70.4. The van der Waals surface area contributed by atoms with Crippen LogP contribution in [0.5, 0.6) is 28.7 Å². The van der Waals surface area contributed by atoms with Crippen LogP contribution in [0.1, 0.15) is 5.56 Å². The van der Waals surface area contributed by atoms with Crippen LogP contribution in [0.4, 0.5) is 0 Å². The van der Waals surface area contributed by atoms with Gasteiger partial charge in [0.1, 0.15) is 52.3 Å². The van der Waals surface area contributed by atoms with Crippen LogP contribution in [0.15, 0.2) is 76.0 Å². The molecule has 1 aliphatic heterocycles. The normalized spacial score (nSPS) is 21.8. The summed E-state index contributed by atoms with van der Waals surface area (Å²) >= 11 is 0. The Kier molecular flexibility index (Phi) is 8.71. The summed E-state index contributed by atoms with van der Waals surface area (Å²) in [6.07, 6.45) is -6.78. The molecule has 1 aromatic heterocycles. The van der Waals surface area contributed by atoms with Crippen molar-refractivity contribution in [3.63, 3.8) is 0 Å². The maximum atomic E-state index is 13.5. The summed E-state index contributed by atoms with van der Waals surface area (Å²) < 4.78 is 27.1. The number of hydrogen-bond donors (Lipinski definition) is 7. The summed E-state index contributed by atoms with van der Waals surface area (Å²) in [5.41, 5.74) is -0.370. The number of rotatable bonds is 8. The third-order valence-corrected chi connectivity index (χ3v) is 6.55. The molecule has 0 spiro atoms. The third-order valence-electron chi connectivity index (χ3n) is 6.55. The average Bonchev–Trinajstić information content (AvgIpc) is 2.99. The molecule has 7 N–H and O–H groups in total. The van der Waals surface area contributed by atoms with Gasteiger partial charge in [-0.2, -0.15) is 0 Å². The number of aliphatic hydroxyl groups is 3. The molecule has 0 aliphatic carbocycles. The number of phenols is 4. The molecule has 14 nitrogen and oxygen atoms in total. The summed E-state index contributed by atoms with van der Waals surface area (Å²) in [6, 6.07) is 13.3. The molecule has 5 atom stereocenters. The fourth-order valence-corrected chi connectivity index (χ4v) is 4.30. The molecule has 4 aromatic rings. The van der Waals surface area contributed by atoms with Crippen LogP contribution in [0.25, 0.3) is 28.4 Å². The standard InChI is InChI=1S/C30H26O14/c31-16-6-1-14(2-7-16)3-10-21(35)40-13-41-29-25(38)24(37)26(39)30(44-29)43-28-23(36)22-19(34)11-18(33)12-20(22)42-27(28)15-4-8-17(32)9-5-15/h1-12,24-26,29-34,37-39H,13H2/b10-3+/t24-,25-,26+,29-,30+/m1/s1. The maximum absolute atomic E-state index is 13.5. The van der Waals surface area contributed by atoms with Crippen LogP contribution in [-0.4, -0.2) is 79.4 Å². The van der Waals surface area contributed by atoms with Crippen LogP contribution in [0, 0.1) is 0 Å². The lowest BCUT2D eigenvalue weighted by Gasteiger charge is -2.39. The second kappa shape index (κ2) is 12.6. The highest BCUT2D eigenvalue weighted by atomic mass is 16.8. The molecule has 0 bridgehead atoms. The Balaban J connectivity index is 1.37. The number of fused-ring (bicyclic) bond motifs is 1. The Bertz CT molecular complexity index is 1730. The first-order valence-electron chi connectivity index (χ1n) is 13.0. The number of ether oxygens (including phenoxy) is 4. The van der Waals surface area contributed by atoms with Gasteiger partial charge < -0.3 is 59.1 Å². The van der Waals surface area contributed by atoms with Crippen LogP contribution < -0.4 is 10.2 Å². The van der Waals surface area contributed by atoms with E-state index in [1.54, 1.807) is 12.1 Å². The molecule has 1 aliphatic rings. The second-order valence-electron chi connectivity index (χ2n) is 9.61. The average molecular weight is 611 g/mol. The van der Waals surface area contributed by atoms with Crippen molar-refractivity contribution in [1.29, 1.82) is 0 Å². The van der Waals surface area contributed by atoms with E-state index in [0.29, 0.717) is 5.56 Å². The molecule has 0 unspecified atom stereocenters. The van der Waals surface area contributed by atoms with E-state index in [1.165, 1.54) is 42.5 Å². The first-order valence-corrected chi connectivity index (χ1v) is 13.0. The molecule has 14 heteroatoms. The number of esters is 1. The smallest absolute Gasteiger partial charge is 0.332 e. The molecular formula is C30H26O14. The fourth-order valence-electron chi connectivity index (χ4n) is 4.30. The lowest BCUT2D eigenvalue weighted by atomic mass is 10.0.